The Balaban J connectivity index is 1.51. The van der Waals surface area contributed by atoms with Crippen LogP contribution in [-0.4, -0.2) is 46.5 Å². The average Bonchev–Trinajstić information content (AvgIpc) is 2.63. The minimum Gasteiger partial charge on any atom is -0.295 e. The Bertz CT molecular complexity index is 437. The Hall–Kier alpha value is -0.450. The second-order valence-electron chi connectivity index (χ2n) is 6.17. The molecule has 19 heavy (non-hydrogen) atoms. The van der Waals surface area contributed by atoms with Crippen LogP contribution in [0.4, 0.5) is 0 Å². The summed E-state index contributed by atoms with van der Waals surface area (Å²) in [5.41, 5.74) is 1.23. The van der Waals surface area contributed by atoms with E-state index in [4.69, 9.17) is 0 Å². The number of aromatic nitrogens is 1. The third-order valence-electron chi connectivity index (χ3n) is 4.63. The third-order valence-corrected chi connectivity index (χ3v) is 5.69. The summed E-state index contributed by atoms with van der Waals surface area (Å²) in [5.74, 6) is 0. The van der Waals surface area contributed by atoms with Crippen molar-refractivity contribution < 1.29 is 0 Å². The number of aryl methyl sites for hydroxylation is 2. The van der Waals surface area contributed by atoms with E-state index in [-0.39, 0.29) is 0 Å². The van der Waals surface area contributed by atoms with Crippen LogP contribution >= 0.6 is 11.3 Å². The third kappa shape index (κ3) is 2.86. The number of likely N-dealkylation sites (tertiary alicyclic amines) is 2. The molecule has 2 aliphatic rings. The number of piperidine rings is 1. The topological polar surface area (TPSA) is 19.4 Å². The SMILES string of the molecule is Cc1nc(C)c(CN2CC(N3CCCC[C@@H]3C)C2)s1. The molecule has 3 rings (SSSR count). The first-order chi connectivity index (χ1) is 9.13. The number of thiazole rings is 1. The molecule has 0 saturated carbocycles. The van der Waals surface area contributed by atoms with Crippen molar-refractivity contribution in [2.45, 2.75) is 58.7 Å². The molecule has 0 bridgehead atoms. The minimum absolute atomic E-state index is 0.799. The first-order valence-electron chi connectivity index (χ1n) is 7.54. The van der Waals surface area contributed by atoms with E-state index >= 15 is 0 Å². The predicted octanol–water partition coefficient (Wildman–Crippen LogP) is 2.82. The molecule has 1 atom stereocenters. The van der Waals surface area contributed by atoms with Gasteiger partial charge in [0.2, 0.25) is 0 Å². The molecule has 3 heterocycles. The minimum atomic E-state index is 0.799. The molecular formula is C15H25N3S. The van der Waals surface area contributed by atoms with E-state index in [1.807, 2.05) is 11.3 Å². The second kappa shape index (κ2) is 5.51. The van der Waals surface area contributed by atoms with Gasteiger partial charge in [-0.1, -0.05) is 6.42 Å². The molecule has 1 aromatic heterocycles. The lowest BCUT2D eigenvalue weighted by Crippen LogP contribution is -2.61. The fourth-order valence-corrected chi connectivity index (χ4v) is 4.45. The highest BCUT2D eigenvalue weighted by molar-refractivity contribution is 7.11. The summed E-state index contributed by atoms with van der Waals surface area (Å²) < 4.78 is 0. The van der Waals surface area contributed by atoms with E-state index in [9.17, 15) is 0 Å². The van der Waals surface area contributed by atoms with Crippen LogP contribution in [0.15, 0.2) is 0 Å². The maximum absolute atomic E-state index is 4.52. The van der Waals surface area contributed by atoms with Crippen molar-refractivity contribution in [3.8, 4) is 0 Å². The molecule has 106 valence electrons. The number of hydrogen-bond acceptors (Lipinski definition) is 4. The summed E-state index contributed by atoms with van der Waals surface area (Å²) in [6.07, 6.45) is 4.21. The van der Waals surface area contributed by atoms with Crippen LogP contribution in [-0.2, 0) is 6.54 Å². The van der Waals surface area contributed by atoms with E-state index in [2.05, 4.69) is 35.6 Å². The van der Waals surface area contributed by atoms with Crippen LogP contribution in [0.3, 0.4) is 0 Å². The molecule has 3 nitrogen and oxygen atoms in total. The molecule has 0 amide bonds. The van der Waals surface area contributed by atoms with Gasteiger partial charge in [0.15, 0.2) is 0 Å². The Morgan fingerprint density at radius 3 is 2.68 bits per heavy atom. The highest BCUT2D eigenvalue weighted by Gasteiger charge is 2.35. The molecule has 0 unspecified atom stereocenters. The first kappa shape index (κ1) is 13.5. The maximum Gasteiger partial charge on any atom is 0.0900 e. The summed E-state index contributed by atoms with van der Waals surface area (Å²) in [5, 5.41) is 1.20. The zero-order valence-electron chi connectivity index (χ0n) is 12.4. The van der Waals surface area contributed by atoms with Crippen molar-refractivity contribution in [3.05, 3.63) is 15.6 Å². The van der Waals surface area contributed by atoms with Crippen molar-refractivity contribution in [2.24, 2.45) is 0 Å². The van der Waals surface area contributed by atoms with Crippen LogP contribution in [0, 0.1) is 13.8 Å². The van der Waals surface area contributed by atoms with Crippen molar-refractivity contribution in [1.29, 1.82) is 0 Å². The van der Waals surface area contributed by atoms with E-state index < -0.39 is 0 Å². The quantitative estimate of drug-likeness (QED) is 0.848. The molecule has 0 aromatic carbocycles. The number of hydrogen-bond donors (Lipinski definition) is 0. The van der Waals surface area contributed by atoms with E-state index in [1.165, 1.54) is 54.5 Å². The summed E-state index contributed by atoms with van der Waals surface area (Å²) in [4.78, 5) is 11.3. The molecule has 0 aliphatic carbocycles. The van der Waals surface area contributed by atoms with E-state index in [0.717, 1.165) is 18.6 Å². The van der Waals surface area contributed by atoms with Gasteiger partial charge in [-0.3, -0.25) is 9.80 Å². The Morgan fingerprint density at radius 2 is 2.05 bits per heavy atom. The number of rotatable bonds is 3. The zero-order chi connectivity index (χ0) is 13.4. The van der Waals surface area contributed by atoms with E-state index in [1.54, 1.807) is 0 Å². The molecule has 4 heteroatoms. The van der Waals surface area contributed by atoms with Crippen molar-refractivity contribution >= 4 is 11.3 Å². The van der Waals surface area contributed by atoms with Gasteiger partial charge < -0.3 is 0 Å². The first-order valence-corrected chi connectivity index (χ1v) is 8.36. The normalized spacial score (nSPS) is 26.6. The summed E-state index contributed by atoms with van der Waals surface area (Å²) in [6.45, 7) is 11.6. The van der Waals surface area contributed by atoms with Crippen molar-refractivity contribution in [3.63, 3.8) is 0 Å². The lowest BCUT2D eigenvalue weighted by Gasteiger charge is -2.49. The van der Waals surface area contributed by atoms with Gasteiger partial charge >= 0.3 is 0 Å². The van der Waals surface area contributed by atoms with Crippen LogP contribution < -0.4 is 0 Å². The van der Waals surface area contributed by atoms with Crippen molar-refractivity contribution in [1.82, 2.24) is 14.8 Å². The monoisotopic (exact) mass is 279 g/mol. The summed E-state index contributed by atoms with van der Waals surface area (Å²) >= 11 is 1.86. The molecule has 1 aromatic rings. The van der Waals surface area contributed by atoms with Gasteiger partial charge in [0.1, 0.15) is 0 Å². The molecule has 0 radical (unpaired) electrons. The van der Waals surface area contributed by atoms with Gasteiger partial charge in [0, 0.05) is 36.6 Å². The molecule has 2 saturated heterocycles. The Morgan fingerprint density at radius 1 is 1.26 bits per heavy atom. The zero-order valence-corrected chi connectivity index (χ0v) is 13.2. The van der Waals surface area contributed by atoms with Crippen LogP contribution in [0.5, 0.6) is 0 Å². The standard InChI is InChI=1S/C15H25N3S/c1-11-6-4-5-7-18(11)14-8-17(9-14)10-15-12(2)16-13(3)19-15/h11,14H,4-10H2,1-3H3/t11-/m0/s1. The van der Waals surface area contributed by atoms with Gasteiger partial charge in [-0.2, -0.15) is 0 Å². The predicted molar refractivity (Wildman–Crippen MR) is 80.7 cm³/mol. The van der Waals surface area contributed by atoms with Crippen LogP contribution in [0.1, 0.15) is 41.8 Å². The largest absolute Gasteiger partial charge is 0.295 e. The number of nitrogens with zero attached hydrogens (tertiary/aromatic N) is 3. The molecule has 0 N–H and O–H groups in total. The molecule has 2 fully saturated rings. The highest BCUT2D eigenvalue weighted by Crippen LogP contribution is 2.27. The van der Waals surface area contributed by atoms with Gasteiger partial charge in [-0.25, -0.2) is 4.98 Å². The van der Waals surface area contributed by atoms with Gasteiger partial charge in [-0.15, -0.1) is 11.3 Å². The van der Waals surface area contributed by atoms with Gasteiger partial charge in [0.05, 0.1) is 10.7 Å². The summed E-state index contributed by atoms with van der Waals surface area (Å²) in [7, 11) is 0. The second-order valence-corrected chi connectivity index (χ2v) is 7.46. The molecule has 0 spiro atoms. The van der Waals surface area contributed by atoms with Crippen LogP contribution in [0.2, 0.25) is 0 Å². The molecule has 2 aliphatic heterocycles. The lowest BCUT2D eigenvalue weighted by molar-refractivity contribution is -0.00584. The Labute approximate surface area is 120 Å². The average molecular weight is 279 g/mol. The lowest BCUT2D eigenvalue weighted by atomic mass is 9.97. The molecular weight excluding hydrogens is 254 g/mol. The van der Waals surface area contributed by atoms with Gasteiger partial charge in [-0.05, 0) is 40.2 Å². The fraction of sp³-hybridized carbons (Fsp3) is 0.800. The van der Waals surface area contributed by atoms with E-state index in [0.29, 0.717) is 0 Å². The fourth-order valence-electron chi connectivity index (χ4n) is 3.47. The van der Waals surface area contributed by atoms with Crippen molar-refractivity contribution in [2.75, 3.05) is 19.6 Å². The van der Waals surface area contributed by atoms with Gasteiger partial charge in [0.25, 0.3) is 0 Å². The highest BCUT2D eigenvalue weighted by atomic mass is 32.1. The maximum atomic E-state index is 4.52. The Kier molecular flexibility index (Phi) is 3.92. The summed E-state index contributed by atoms with van der Waals surface area (Å²) in [6, 6.07) is 1.61. The smallest absolute Gasteiger partial charge is 0.0900 e. The van der Waals surface area contributed by atoms with Crippen LogP contribution in [0.25, 0.3) is 0 Å².